The second-order valence-electron chi connectivity index (χ2n) is 6.64. The number of amides is 1. The Hall–Kier alpha value is -2.21. The van der Waals surface area contributed by atoms with Gasteiger partial charge in [0.05, 0.1) is 5.92 Å². The summed E-state index contributed by atoms with van der Waals surface area (Å²) in [6.07, 6.45) is 2.25. The minimum Gasteiger partial charge on any atom is -0.423 e. The van der Waals surface area contributed by atoms with E-state index in [9.17, 15) is 14.0 Å². The van der Waals surface area contributed by atoms with E-state index in [1.807, 2.05) is 30.3 Å². The van der Waals surface area contributed by atoms with Crippen molar-refractivity contribution in [1.82, 2.24) is 4.90 Å². The van der Waals surface area contributed by atoms with Gasteiger partial charge in [0.1, 0.15) is 0 Å². The Morgan fingerprint density at radius 2 is 1.81 bits per heavy atom. The highest BCUT2D eigenvalue weighted by Crippen LogP contribution is 2.25. The Morgan fingerprint density at radius 3 is 2.48 bits per heavy atom. The standard InChI is InChI=1S/C21H21BrFNO3/c22-17-7-8-19(18(23)14-17)27-21(26)16-10-12-24(13-11-16)20(25)9-6-15-4-2-1-3-5-15/h1-5,7-8,14,16H,6,9-13H2. The molecule has 0 aromatic heterocycles. The van der Waals surface area contributed by atoms with Crippen LogP contribution in [0, 0.1) is 11.7 Å². The monoisotopic (exact) mass is 433 g/mol. The third kappa shape index (κ3) is 5.39. The number of benzene rings is 2. The zero-order valence-corrected chi connectivity index (χ0v) is 16.5. The van der Waals surface area contributed by atoms with E-state index in [4.69, 9.17) is 4.74 Å². The van der Waals surface area contributed by atoms with Gasteiger partial charge in [0.25, 0.3) is 0 Å². The van der Waals surface area contributed by atoms with E-state index >= 15 is 0 Å². The maximum Gasteiger partial charge on any atom is 0.314 e. The Labute approximate surface area is 166 Å². The van der Waals surface area contributed by atoms with Crippen molar-refractivity contribution in [2.45, 2.75) is 25.7 Å². The number of likely N-dealkylation sites (tertiary alicyclic amines) is 1. The number of carbonyl (C=O) groups excluding carboxylic acids is 2. The van der Waals surface area contributed by atoms with Gasteiger partial charge in [-0.05, 0) is 43.0 Å². The van der Waals surface area contributed by atoms with E-state index in [0.29, 0.717) is 43.2 Å². The maximum absolute atomic E-state index is 13.8. The molecule has 1 amide bonds. The largest absolute Gasteiger partial charge is 0.423 e. The lowest BCUT2D eigenvalue weighted by atomic mass is 9.96. The number of aryl methyl sites for hydroxylation is 1. The molecule has 4 nitrogen and oxygen atoms in total. The van der Waals surface area contributed by atoms with Gasteiger partial charge in [0, 0.05) is 24.0 Å². The SMILES string of the molecule is O=C(Oc1ccc(Br)cc1F)C1CCN(C(=O)CCc2ccccc2)CC1. The zero-order chi connectivity index (χ0) is 19.2. The average Bonchev–Trinajstić information content (AvgIpc) is 2.69. The van der Waals surface area contributed by atoms with Crippen LogP contribution in [-0.4, -0.2) is 29.9 Å². The summed E-state index contributed by atoms with van der Waals surface area (Å²) >= 11 is 3.17. The minimum absolute atomic E-state index is 0.0652. The fraction of sp³-hybridized carbons (Fsp3) is 0.333. The Morgan fingerprint density at radius 1 is 1.11 bits per heavy atom. The number of hydrogen-bond donors (Lipinski definition) is 0. The molecule has 0 spiro atoms. The molecule has 2 aromatic carbocycles. The summed E-state index contributed by atoms with van der Waals surface area (Å²) in [6, 6.07) is 14.2. The van der Waals surface area contributed by atoms with E-state index in [-0.39, 0.29) is 17.6 Å². The predicted molar refractivity (Wildman–Crippen MR) is 104 cm³/mol. The number of halogens is 2. The molecule has 0 atom stereocenters. The molecule has 0 unspecified atom stereocenters. The highest BCUT2D eigenvalue weighted by molar-refractivity contribution is 9.10. The van der Waals surface area contributed by atoms with E-state index in [1.54, 1.807) is 11.0 Å². The Bertz CT molecular complexity index is 804. The highest BCUT2D eigenvalue weighted by Gasteiger charge is 2.29. The normalized spacial score (nSPS) is 14.8. The number of esters is 1. The van der Waals surface area contributed by atoms with E-state index in [1.165, 1.54) is 12.1 Å². The first-order valence-electron chi connectivity index (χ1n) is 9.01. The van der Waals surface area contributed by atoms with Crippen molar-refractivity contribution in [3.05, 3.63) is 64.4 Å². The second-order valence-corrected chi connectivity index (χ2v) is 7.55. The Kier molecular flexibility index (Phi) is 6.61. The van der Waals surface area contributed by atoms with Crippen molar-refractivity contribution < 1.29 is 18.7 Å². The van der Waals surface area contributed by atoms with E-state index in [2.05, 4.69) is 15.9 Å². The van der Waals surface area contributed by atoms with Crippen LogP contribution >= 0.6 is 15.9 Å². The molecule has 1 heterocycles. The summed E-state index contributed by atoms with van der Waals surface area (Å²) in [7, 11) is 0. The molecule has 0 N–H and O–H groups in total. The van der Waals surface area contributed by atoms with Crippen LogP contribution in [-0.2, 0) is 16.0 Å². The zero-order valence-electron chi connectivity index (χ0n) is 14.9. The fourth-order valence-electron chi connectivity index (χ4n) is 3.17. The van der Waals surface area contributed by atoms with Crippen LogP contribution in [0.15, 0.2) is 53.0 Å². The van der Waals surface area contributed by atoms with Crippen molar-refractivity contribution in [2.75, 3.05) is 13.1 Å². The van der Waals surface area contributed by atoms with Gasteiger partial charge < -0.3 is 9.64 Å². The molecule has 142 valence electrons. The number of ether oxygens (including phenoxy) is 1. The first-order chi connectivity index (χ1) is 13.0. The minimum atomic E-state index is -0.578. The highest BCUT2D eigenvalue weighted by atomic mass is 79.9. The maximum atomic E-state index is 13.8. The molecule has 6 heteroatoms. The average molecular weight is 434 g/mol. The number of hydrogen-bond acceptors (Lipinski definition) is 3. The molecule has 27 heavy (non-hydrogen) atoms. The summed E-state index contributed by atoms with van der Waals surface area (Å²) in [4.78, 5) is 26.5. The summed E-state index contributed by atoms with van der Waals surface area (Å²) in [5.74, 6) is -1.29. The van der Waals surface area contributed by atoms with Crippen LogP contribution in [0.25, 0.3) is 0 Å². The van der Waals surface area contributed by atoms with Gasteiger partial charge in [-0.25, -0.2) is 4.39 Å². The lowest BCUT2D eigenvalue weighted by Gasteiger charge is -2.31. The number of carbonyl (C=O) groups is 2. The van der Waals surface area contributed by atoms with Crippen molar-refractivity contribution >= 4 is 27.8 Å². The smallest absolute Gasteiger partial charge is 0.314 e. The fourth-order valence-corrected chi connectivity index (χ4v) is 3.50. The molecule has 0 saturated carbocycles. The van der Waals surface area contributed by atoms with Crippen LogP contribution in [0.4, 0.5) is 4.39 Å². The molecule has 1 aliphatic heterocycles. The third-order valence-electron chi connectivity index (χ3n) is 4.76. The summed E-state index contributed by atoms with van der Waals surface area (Å²) in [6.45, 7) is 1.05. The van der Waals surface area contributed by atoms with Crippen molar-refractivity contribution in [2.24, 2.45) is 5.92 Å². The lowest BCUT2D eigenvalue weighted by Crippen LogP contribution is -2.41. The lowest BCUT2D eigenvalue weighted by molar-refractivity contribution is -0.143. The molecule has 2 aromatic rings. The molecule has 0 aliphatic carbocycles. The first-order valence-corrected chi connectivity index (χ1v) is 9.80. The number of piperidine rings is 1. The van der Waals surface area contributed by atoms with Crippen LogP contribution in [0.1, 0.15) is 24.8 Å². The summed E-state index contributed by atoms with van der Waals surface area (Å²) in [5, 5.41) is 0. The molecule has 1 fully saturated rings. The van der Waals surface area contributed by atoms with Gasteiger partial charge in [-0.3, -0.25) is 9.59 Å². The molecular formula is C21H21BrFNO3. The van der Waals surface area contributed by atoms with Crippen molar-refractivity contribution in [1.29, 1.82) is 0 Å². The molecule has 1 saturated heterocycles. The molecular weight excluding hydrogens is 413 g/mol. The van der Waals surface area contributed by atoms with E-state index in [0.717, 1.165) is 5.56 Å². The van der Waals surface area contributed by atoms with Crippen LogP contribution in [0.2, 0.25) is 0 Å². The molecule has 1 aliphatic rings. The number of nitrogens with zero attached hydrogens (tertiary/aromatic N) is 1. The summed E-state index contributed by atoms with van der Waals surface area (Å²) in [5.41, 5.74) is 1.14. The number of rotatable bonds is 5. The van der Waals surface area contributed by atoms with Crippen LogP contribution in [0.3, 0.4) is 0 Å². The van der Waals surface area contributed by atoms with Crippen LogP contribution < -0.4 is 4.74 Å². The second kappa shape index (κ2) is 9.13. The molecule has 0 radical (unpaired) electrons. The predicted octanol–water partition coefficient (Wildman–Crippen LogP) is 4.37. The Balaban J connectivity index is 1.46. The van der Waals surface area contributed by atoms with Crippen molar-refractivity contribution in [3.63, 3.8) is 0 Å². The van der Waals surface area contributed by atoms with Crippen molar-refractivity contribution in [3.8, 4) is 5.75 Å². The van der Waals surface area contributed by atoms with Gasteiger partial charge in [0.15, 0.2) is 11.6 Å². The molecule has 0 bridgehead atoms. The van der Waals surface area contributed by atoms with Gasteiger partial charge in [-0.1, -0.05) is 46.3 Å². The van der Waals surface area contributed by atoms with E-state index < -0.39 is 11.8 Å². The first kappa shape index (κ1) is 19.5. The van der Waals surface area contributed by atoms with Gasteiger partial charge in [0.2, 0.25) is 5.91 Å². The van der Waals surface area contributed by atoms with Gasteiger partial charge in [-0.15, -0.1) is 0 Å². The van der Waals surface area contributed by atoms with Crippen LogP contribution in [0.5, 0.6) is 5.75 Å². The third-order valence-corrected chi connectivity index (χ3v) is 5.25. The van der Waals surface area contributed by atoms with Gasteiger partial charge in [-0.2, -0.15) is 0 Å². The molecule has 3 rings (SSSR count). The quantitative estimate of drug-likeness (QED) is 0.519. The topological polar surface area (TPSA) is 46.6 Å². The summed E-state index contributed by atoms with van der Waals surface area (Å²) < 4.78 is 19.6. The van der Waals surface area contributed by atoms with Gasteiger partial charge >= 0.3 is 5.97 Å².